The first-order valence-electron chi connectivity index (χ1n) is 8.67. The normalized spacial score (nSPS) is 12.4. The number of aliphatic hydroxyl groups is 1. The van der Waals surface area contributed by atoms with Crippen LogP contribution >= 0.6 is 0 Å². The number of ether oxygens (including phenoxy) is 2. The molecule has 132 valence electrons. The van der Waals surface area contributed by atoms with E-state index in [4.69, 9.17) is 9.47 Å². The Bertz CT molecular complexity index is 967. The van der Waals surface area contributed by atoms with E-state index in [1.807, 2.05) is 48.5 Å². The van der Waals surface area contributed by atoms with Gasteiger partial charge in [-0.2, -0.15) is 0 Å². The Hall–Kier alpha value is -2.98. The number of methoxy groups -OCH3 is 1. The molecule has 1 atom stereocenters. The number of hydrogen-bond donors (Lipinski definition) is 1. The van der Waals surface area contributed by atoms with Crippen molar-refractivity contribution in [1.82, 2.24) is 4.57 Å². The van der Waals surface area contributed by atoms with Gasteiger partial charge in [0.05, 0.1) is 13.7 Å². The SMILES string of the molecule is COc1ccc(OCC(O)Cn2c3ccccc3c3ccccc32)cc1. The van der Waals surface area contributed by atoms with Crippen molar-refractivity contribution in [3.8, 4) is 11.5 Å². The maximum absolute atomic E-state index is 10.5. The van der Waals surface area contributed by atoms with Crippen LogP contribution < -0.4 is 9.47 Å². The lowest BCUT2D eigenvalue weighted by Crippen LogP contribution is -2.23. The van der Waals surface area contributed by atoms with E-state index in [1.54, 1.807) is 7.11 Å². The minimum atomic E-state index is -0.615. The summed E-state index contributed by atoms with van der Waals surface area (Å²) in [4.78, 5) is 0. The zero-order chi connectivity index (χ0) is 17.9. The number of benzene rings is 3. The van der Waals surface area contributed by atoms with E-state index in [0.29, 0.717) is 12.3 Å². The number of fused-ring (bicyclic) bond motifs is 3. The van der Waals surface area contributed by atoms with Crippen molar-refractivity contribution in [2.75, 3.05) is 13.7 Å². The van der Waals surface area contributed by atoms with Crippen LogP contribution in [-0.4, -0.2) is 29.5 Å². The van der Waals surface area contributed by atoms with Gasteiger partial charge in [0.15, 0.2) is 0 Å². The van der Waals surface area contributed by atoms with Crippen LogP contribution in [0.25, 0.3) is 21.8 Å². The van der Waals surface area contributed by atoms with Crippen LogP contribution in [0.3, 0.4) is 0 Å². The molecule has 3 aromatic carbocycles. The number of rotatable bonds is 6. The topological polar surface area (TPSA) is 43.6 Å². The smallest absolute Gasteiger partial charge is 0.119 e. The van der Waals surface area contributed by atoms with Crippen molar-refractivity contribution in [2.45, 2.75) is 12.6 Å². The third-order valence-electron chi connectivity index (χ3n) is 4.58. The molecule has 0 aliphatic carbocycles. The van der Waals surface area contributed by atoms with Crippen molar-refractivity contribution < 1.29 is 14.6 Å². The minimum Gasteiger partial charge on any atom is -0.497 e. The Morgan fingerprint density at radius 3 is 1.92 bits per heavy atom. The summed E-state index contributed by atoms with van der Waals surface area (Å²) in [6.07, 6.45) is -0.615. The number of aromatic nitrogens is 1. The van der Waals surface area contributed by atoms with Gasteiger partial charge in [-0.15, -0.1) is 0 Å². The molecule has 0 saturated heterocycles. The summed E-state index contributed by atoms with van der Waals surface area (Å²) >= 11 is 0. The third-order valence-corrected chi connectivity index (χ3v) is 4.58. The van der Waals surface area contributed by atoms with Gasteiger partial charge in [-0.05, 0) is 36.4 Å². The van der Waals surface area contributed by atoms with Gasteiger partial charge in [0.1, 0.15) is 24.2 Å². The fourth-order valence-electron chi connectivity index (χ4n) is 3.33. The molecule has 4 heteroatoms. The highest BCUT2D eigenvalue weighted by molar-refractivity contribution is 6.07. The summed E-state index contributed by atoms with van der Waals surface area (Å²) in [6.45, 7) is 0.706. The molecule has 4 aromatic rings. The molecule has 0 saturated carbocycles. The lowest BCUT2D eigenvalue weighted by molar-refractivity contribution is 0.0945. The Morgan fingerprint density at radius 1 is 0.808 bits per heavy atom. The highest BCUT2D eigenvalue weighted by Gasteiger charge is 2.13. The Kier molecular flexibility index (Phi) is 4.50. The third kappa shape index (κ3) is 3.11. The predicted octanol–water partition coefficient (Wildman–Crippen LogP) is 4.24. The number of nitrogens with zero attached hydrogens (tertiary/aromatic N) is 1. The molecule has 0 amide bonds. The first-order valence-corrected chi connectivity index (χ1v) is 8.67. The molecule has 0 spiro atoms. The molecule has 0 aliphatic rings. The van der Waals surface area contributed by atoms with E-state index in [9.17, 15) is 5.11 Å². The summed E-state index contributed by atoms with van der Waals surface area (Å²) in [5.41, 5.74) is 2.24. The quantitative estimate of drug-likeness (QED) is 0.567. The molecule has 26 heavy (non-hydrogen) atoms. The van der Waals surface area contributed by atoms with Crippen molar-refractivity contribution >= 4 is 21.8 Å². The van der Waals surface area contributed by atoms with Gasteiger partial charge in [-0.1, -0.05) is 36.4 Å². The molecule has 1 N–H and O–H groups in total. The van der Waals surface area contributed by atoms with Crippen LogP contribution in [0.15, 0.2) is 72.8 Å². The van der Waals surface area contributed by atoms with E-state index < -0.39 is 6.10 Å². The molecular formula is C22H21NO3. The van der Waals surface area contributed by atoms with Crippen LogP contribution in [-0.2, 0) is 6.54 Å². The average molecular weight is 347 g/mol. The van der Waals surface area contributed by atoms with Crippen LogP contribution in [0, 0.1) is 0 Å². The lowest BCUT2D eigenvalue weighted by Gasteiger charge is -2.15. The fourth-order valence-corrected chi connectivity index (χ4v) is 3.33. The van der Waals surface area contributed by atoms with Gasteiger partial charge in [0.25, 0.3) is 0 Å². The predicted molar refractivity (Wildman–Crippen MR) is 104 cm³/mol. The van der Waals surface area contributed by atoms with Gasteiger partial charge < -0.3 is 19.1 Å². The maximum Gasteiger partial charge on any atom is 0.119 e. The molecule has 1 unspecified atom stereocenters. The summed E-state index contributed by atoms with van der Waals surface area (Å²) in [5, 5.41) is 12.9. The number of aliphatic hydroxyl groups excluding tert-OH is 1. The van der Waals surface area contributed by atoms with E-state index in [2.05, 4.69) is 28.8 Å². The molecular weight excluding hydrogens is 326 g/mol. The zero-order valence-corrected chi connectivity index (χ0v) is 14.6. The van der Waals surface area contributed by atoms with Crippen LogP contribution in [0.5, 0.6) is 11.5 Å². The van der Waals surface area contributed by atoms with E-state index in [1.165, 1.54) is 10.8 Å². The molecule has 0 aliphatic heterocycles. The van der Waals surface area contributed by atoms with Crippen LogP contribution in [0.1, 0.15) is 0 Å². The van der Waals surface area contributed by atoms with Gasteiger partial charge >= 0.3 is 0 Å². The summed E-state index contributed by atoms with van der Waals surface area (Å²) in [5.74, 6) is 1.50. The van der Waals surface area contributed by atoms with Crippen molar-refractivity contribution in [2.24, 2.45) is 0 Å². The van der Waals surface area contributed by atoms with E-state index >= 15 is 0 Å². The first-order chi connectivity index (χ1) is 12.8. The Morgan fingerprint density at radius 2 is 1.35 bits per heavy atom. The van der Waals surface area contributed by atoms with Crippen molar-refractivity contribution in [3.05, 3.63) is 72.8 Å². The Labute approximate surface area is 152 Å². The molecule has 4 rings (SSSR count). The summed E-state index contributed by atoms with van der Waals surface area (Å²) in [7, 11) is 1.63. The Balaban J connectivity index is 1.54. The molecule has 0 fully saturated rings. The summed E-state index contributed by atoms with van der Waals surface area (Å²) < 4.78 is 13.0. The second-order valence-electron chi connectivity index (χ2n) is 6.29. The van der Waals surface area contributed by atoms with Gasteiger partial charge in [0.2, 0.25) is 0 Å². The monoisotopic (exact) mass is 347 g/mol. The van der Waals surface area contributed by atoms with Crippen molar-refractivity contribution in [3.63, 3.8) is 0 Å². The lowest BCUT2D eigenvalue weighted by atomic mass is 10.2. The van der Waals surface area contributed by atoms with Gasteiger partial charge in [-0.25, -0.2) is 0 Å². The number of hydrogen-bond acceptors (Lipinski definition) is 3. The molecule has 0 radical (unpaired) electrons. The summed E-state index contributed by atoms with van der Waals surface area (Å²) in [6, 6.07) is 23.9. The van der Waals surface area contributed by atoms with Crippen molar-refractivity contribution in [1.29, 1.82) is 0 Å². The molecule has 1 heterocycles. The highest BCUT2D eigenvalue weighted by atomic mass is 16.5. The van der Waals surface area contributed by atoms with Gasteiger partial charge in [-0.3, -0.25) is 0 Å². The highest BCUT2D eigenvalue weighted by Crippen LogP contribution is 2.29. The maximum atomic E-state index is 10.5. The average Bonchev–Trinajstić information content (AvgIpc) is 3.01. The minimum absolute atomic E-state index is 0.229. The van der Waals surface area contributed by atoms with Crippen LogP contribution in [0.2, 0.25) is 0 Å². The van der Waals surface area contributed by atoms with Crippen LogP contribution in [0.4, 0.5) is 0 Å². The van der Waals surface area contributed by atoms with E-state index in [-0.39, 0.29) is 6.61 Å². The number of para-hydroxylation sites is 2. The standard InChI is InChI=1S/C22H21NO3/c1-25-17-10-12-18(13-11-17)26-15-16(24)14-23-21-8-4-2-6-19(21)20-7-3-5-9-22(20)23/h2-13,16,24H,14-15H2,1H3. The van der Waals surface area contributed by atoms with Gasteiger partial charge in [0, 0.05) is 21.8 Å². The largest absolute Gasteiger partial charge is 0.497 e. The first kappa shape index (κ1) is 16.5. The fraction of sp³-hybridized carbons (Fsp3) is 0.182. The zero-order valence-electron chi connectivity index (χ0n) is 14.6. The second kappa shape index (κ2) is 7.10. The van der Waals surface area contributed by atoms with E-state index in [0.717, 1.165) is 16.8 Å². The molecule has 0 bridgehead atoms. The molecule has 4 nitrogen and oxygen atoms in total. The second-order valence-corrected chi connectivity index (χ2v) is 6.29. The molecule has 1 aromatic heterocycles.